The lowest BCUT2D eigenvalue weighted by atomic mass is 10.1. The highest BCUT2D eigenvalue weighted by Crippen LogP contribution is 2.26. The van der Waals surface area contributed by atoms with Gasteiger partial charge in [0.1, 0.15) is 0 Å². The number of halogens is 2. The zero-order valence-corrected chi connectivity index (χ0v) is 11.8. The van der Waals surface area contributed by atoms with Crippen molar-refractivity contribution >= 4 is 39.2 Å². The molecule has 0 bridgehead atoms. The van der Waals surface area contributed by atoms with E-state index in [0.717, 1.165) is 4.47 Å². The van der Waals surface area contributed by atoms with Gasteiger partial charge < -0.3 is 15.2 Å². The van der Waals surface area contributed by atoms with Crippen LogP contribution in [0.3, 0.4) is 0 Å². The highest BCUT2D eigenvalue weighted by molar-refractivity contribution is 9.10. The van der Waals surface area contributed by atoms with Gasteiger partial charge in [0.05, 0.1) is 24.4 Å². The number of carbonyl (C=O) groups is 1. The predicted molar refractivity (Wildman–Crippen MR) is 70.3 cm³/mol. The van der Waals surface area contributed by atoms with Gasteiger partial charge in [0, 0.05) is 4.47 Å². The summed E-state index contributed by atoms with van der Waals surface area (Å²) in [6.07, 6.45) is 0. The second-order valence-electron chi connectivity index (χ2n) is 3.74. The molecule has 0 aliphatic carbocycles. The molecule has 0 saturated heterocycles. The smallest absolute Gasteiger partial charge is 0.339 e. The van der Waals surface area contributed by atoms with Crippen LogP contribution in [0, 0.1) is 0 Å². The van der Waals surface area contributed by atoms with Crippen molar-refractivity contribution in [3.63, 3.8) is 0 Å². The predicted octanol–water partition coefficient (Wildman–Crippen LogP) is 2.44. The number of esters is 1. The van der Waals surface area contributed by atoms with Crippen molar-refractivity contribution in [2.45, 2.75) is 12.5 Å². The summed E-state index contributed by atoms with van der Waals surface area (Å²) in [5.41, 5.74) is -0.967. The van der Waals surface area contributed by atoms with Crippen LogP contribution >= 0.6 is 27.5 Å². The molecule has 0 amide bonds. The van der Waals surface area contributed by atoms with Crippen LogP contribution in [-0.4, -0.2) is 30.3 Å². The van der Waals surface area contributed by atoms with E-state index < -0.39 is 11.6 Å². The first kappa shape index (κ1) is 14.3. The number of anilines is 1. The summed E-state index contributed by atoms with van der Waals surface area (Å²) >= 11 is 9.26. The fourth-order valence-corrected chi connectivity index (χ4v) is 1.74. The molecular weight excluding hydrogens is 309 g/mol. The summed E-state index contributed by atoms with van der Waals surface area (Å²) in [5.74, 6) is -0.698. The van der Waals surface area contributed by atoms with Gasteiger partial charge in [0.2, 0.25) is 0 Å². The van der Waals surface area contributed by atoms with Gasteiger partial charge in [0.15, 0.2) is 5.60 Å². The molecule has 0 fully saturated rings. The molecule has 0 radical (unpaired) electrons. The lowest BCUT2D eigenvalue weighted by Gasteiger charge is -2.21. The monoisotopic (exact) mass is 321 g/mol. The first-order valence-electron chi connectivity index (χ1n) is 4.86. The van der Waals surface area contributed by atoms with E-state index in [1.165, 1.54) is 14.0 Å². The van der Waals surface area contributed by atoms with Gasteiger partial charge in [0.25, 0.3) is 0 Å². The van der Waals surface area contributed by atoms with Crippen LogP contribution in [-0.2, 0) is 9.53 Å². The van der Waals surface area contributed by atoms with Crippen molar-refractivity contribution in [3.8, 4) is 0 Å². The van der Waals surface area contributed by atoms with Gasteiger partial charge in [-0.05, 0) is 25.1 Å². The zero-order valence-electron chi connectivity index (χ0n) is 9.46. The topological polar surface area (TPSA) is 58.6 Å². The number of hydrogen-bond acceptors (Lipinski definition) is 4. The highest BCUT2D eigenvalue weighted by atomic mass is 79.9. The van der Waals surface area contributed by atoms with Gasteiger partial charge in [-0.3, -0.25) is 0 Å². The summed E-state index contributed by atoms with van der Waals surface area (Å²) in [5, 5.41) is 13.2. The Bertz CT molecular complexity index is 423. The van der Waals surface area contributed by atoms with Crippen LogP contribution in [0.25, 0.3) is 0 Å². The minimum absolute atomic E-state index is 0.00977. The van der Waals surface area contributed by atoms with Gasteiger partial charge in [-0.2, -0.15) is 0 Å². The highest BCUT2D eigenvalue weighted by Gasteiger charge is 2.31. The molecule has 0 aliphatic heterocycles. The summed E-state index contributed by atoms with van der Waals surface area (Å²) in [7, 11) is 1.23. The third-order valence-corrected chi connectivity index (χ3v) is 3.00. The van der Waals surface area contributed by atoms with E-state index in [-0.39, 0.29) is 6.54 Å². The Morgan fingerprint density at radius 2 is 2.29 bits per heavy atom. The van der Waals surface area contributed by atoms with Crippen LogP contribution in [0.5, 0.6) is 0 Å². The number of benzene rings is 1. The average Bonchev–Trinajstić information content (AvgIpc) is 2.29. The number of methoxy groups -OCH3 is 1. The molecule has 0 spiro atoms. The maximum atomic E-state index is 11.3. The van der Waals surface area contributed by atoms with E-state index in [4.69, 9.17) is 11.6 Å². The van der Waals surface area contributed by atoms with Crippen molar-refractivity contribution in [1.82, 2.24) is 0 Å². The Hall–Kier alpha value is -0.780. The number of nitrogens with one attached hydrogen (secondary N) is 1. The lowest BCUT2D eigenvalue weighted by molar-refractivity contribution is -0.158. The number of rotatable bonds is 4. The van der Waals surface area contributed by atoms with E-state index in [9.17, 15) is 9.90 Å². The van der Waals surface area contributed by atoms with Crippen molar-refractivity contribution in [1.29, 1.82) is 0 Å². The molecule has 1 unspecified atom stereocenters. The first-order valence-corrected chi connectivity index (χ1v) is 6.03. The number of ether oxygens (including phenoxy) is 1. The molecule has 0 aromatic heterocycles. The Morgan fingerprint density at radius 3 is 2.88 bits per heavy atom. The van der Waals surface area contributed by atoms with Crippen LogP contribution < -0.4 is 5.32 Å². The molecular formula is C11H13BrClNO3. The normalized spacial score (nSPS) is 13.9. The third kappa shape index (κ3) is 3.87. The largest absolute Gasteiger partial charge is 0.467 e. The third-order valence-electron chi connectivity index (χ3n) is 2.18. The molecule has 0 saturated carbocycles. The molecule has 1 rings (SSSR count). The van der Waals surface area contributed by atoms with Crippen molar-refractivity contribution in [2.75, 3.05) is 19.0 Å². The molecule has 1 aromatic rings. The standard InChI is InChI=1S/C11H13BrClNO3/c1-11(16,10(15)17-2)6-14-9-5-7(12)3-4-8(9)13/h3-5,14,16H,6H2,1-2H3. The van der Waals surface area contributed by atoms with E-state index in [1.807, 2.05) is 0 Å². The van der Waals surface area contributed by atoms with Gasteiger partial charge in [-0.15, -0.1) is 0 Å². The molecule has 94 valence electrons. The quantitative estimate of drug-likeness (QED) is 0.836. The van der Waals surface area contributed by atoms with Crippen LogP contribution in [0.1, 0.15) is 6.92 Å². The van der Waals surface area contributed by atoms with Gasteiger partial charge in [-0.1, -0.05) is 27.5 Å². The second kappa shape index (κ2) is 5.71. The summed E-state index contributed by atoms with van der Waals surface area (Å²) < 4.78 is 5.34. The lowest BCUT2D eigenvalue weighted by Crippen LogP contribution is -2.42. The second-order valence-corrected chi connectivity index (χ2v) is 5.07. The summed E-state index contributed by atoms with van der Waals surface area (Å²) in [6.45, 7) is 1.38. The van der Waals surface area contributed by atoms with Gasteiger partial charge >= 0.3 is 5.97 Å². The Kier molecular flexibility index (Phi) is 4.80. The Morgan fingerprint density at radius 1 is 1.65 bits per heavy atom. The first-order chi connectivity index (χ1) is 7.86. The molecule has 2 N–H and O–H groups in total. The minimum atomic E-state index is -1.60. The summed E-state index contributed by atoms with van der Waals surface area (Å²) in [6, 6.07) is 5.27. The van der Waals surface area contributed by atoms with Gasteiger partial charge in [-0.25, -0.2) is 4.79 Å². The van der Waals surface area contributed by atoms with E-state index in [0.29, 0.717) is 10.7 Å². The molecule has 0 heterocycles. The average molecular weight is 323 g/mol. The van der Waals surface area contributed by atoms with E-state index >= 15 is 0 Å². The minimum Gasteiger partial charge on any atom is -0.467 e. The van der Waals surface area contributed by atoms with Crippen molar-refractivity contribution < 1.29 is 14.6 Å². The zero-order chi connectivity index (χ0) is 13.1. The van der Waals surface area contributed by atoms with Crippen molar-refractivity contribution in [2.24, 2.45) is 0 Å². The number of hydrogen-bond donors (Lipinski definition) is 2. The van der Waals surface area contributed by atoms with Crippen molar-refractivity contribution in [3.05, 3.63) is 27.7 Å². The Balaban J connectivity index is 2.73. The fourth-order valence-electron chi connectivity index (χ4n) is 1.19. The van der Waals surface area contributed by atoms with Crippen LogP contribution in [0.2, 0.25) is 5.02 Å². The molecule has 6 heteroatoms. The maximum absolute atomic E-state index is 11.3. The van der Waals surface area contributed by atoms with Crippen LogP contribution in [0.15, 0.2) is 22.7 Å². The van der Waals surface area contributed by atoms with E-state index in [1.54, 1.807) is 18.2 Å². The molecule has 1 aromatic carbocycles. The molecule has 4 nitrogen and oxygen atoms in total. The summed E-state index contributed by atoms with van der Waals surface area (Å²) in [4.78, 5) is 11.3. The number of carbonyl (C=O) groups excluding carboxylic acids is 1. The van der Waals surface area contributed by atoms with E-state index in [2.05, 4.69) is 26.0 Å². The molecule has 1 atom stereocenters. The Labute approximate surface area is 113 Å². The molecule has 0 aliphatic rings. The maximum Gasteiger partial charge on any atom is 0.339 e. The fraction of sp³-hybridized carbons (Fsp3) is 0.364. The SMILES string of the molecule is COC(=O)C(C)(O)CNc1cc(Br)ccc1Cl. The molecule has 17 heavy (non-hydrogen) atoms. The number of aliphatic hydroxyl groups is 1. The van der Waals surface area contributed by atoms with Crippen LogP contribution in [0.4, 0.5) is 5.69 Å².